The summed E-state index contributed by atoms with van der Waals surface area (Å²) in [5, 5.41) is 16.2. The highest BCUT2D eigenvalue weighted by atomic mass is 16.7. The third-order valence-corrected chi connectivity index (χ3v) is 4.87. The molecule has 0 bridgehead atoms. The fourth-order valence-corrected chi connectivity index (χ4v) is 3.11. The van der Waals surface area contributed by atoms with Gasteiger partial charge in [0.2, 0.25) is 12.4 Å². The number of imidazole rings is 1. The molecule has 0 spiro atoms. The van der Waals surface area contributed by atoms with Gasteiger partial charge in [-0.2, -0.15) is 9.97 Å². The third kappa shape index (κ3) is 8.85. The van der Waals surface area contributed by atoms with Gasteiger partial charge in [-0.3, -0.25) is 4.57 Å². The van der Waals surface area contributed by atoms with Crippen LogP contribution in [0.5, 0.6) is 0 Å². The predicted octanol–water partition coefficient (Wildman–Crippen LogP) is 3.83. The minimum absolute atomic E-state index is 0.136. The molecule has 1 unspecified atom stereocenters. The van der Waals surface area contributed by atoms with Crippen LogP contribution >= 0.6 is 0 Å². The molecule has 0 aromatic carbocycles. The first-order valence-corrected chi connectivity index (χ1v) is 11.4. The number of hydrogen-bond acceptors (Lipinski definition) is 10. The van der Waals surface area contributed by atoms with E-state index in [1.54, 1.807) is 14.1 Å². The van der Waals surface area contributed by atoms with Crippen LogP contribution in [0.4, 0.5) is 16.6 Å². The van der Waals surface area contributed by atoms with Crippen molar-refractivity contribution in [1.82, 2.24) is 19.5 Å². The molecule has 2 aromatic rings. The van der Waals surface area contributed by atoms with Crippen molar-refractivity contribution in [3.63, 3.8) is 0 Å². The van der Waals surface area contributed by atoms with Gasteiger partial charge < -0.3 is 30.0 Å². The van der Waals surface area contributed by atoms with E-state index in [4.69, 9.17) is 14.2 Å². The molecular weight excluding hydrogens is 428 g/mol. The number of unbranched alkanes of at least 4 members (excludes halogenated alkanes) is 5. The van der Waals surface area contributed by atoms with Crippen molar-refractivity contribution in [2.45, 2.75) is 58.3 Å². The molecule has 0 radical (unpaired) electrons. The Balaban J connectivity index is 1.60. The first kappa shape index (κ1) is 26.3. The molecule has 0 aliphatic carbocycles. The summed E-state index contributed by atoms with van der Waals surface area (Å²) in [5.41, 5.74) is 0.933. The average Bonchev–Trinajstić information content (AvgIpc) is 3.26. The van der Waals surface area contributed by atoms with Crippen LogP contribution in [-0.4, -0.2) is 64.7 Å². The number of allylic oxidation sites excluding steroid dienone is 2. The van der Waals surface area contributed by atoms with Crippen LogP contribution in [0.3, 0.4) is 0 Å². The van der Waals surface area contributed by atoms with Gasteiger partial charge in [0, 0.05) is 20.5 Å². The Morgan fingerprint density at radius 1 is 1.06 bits per heavy atom. The number of aromatic nitrogens is 4. The van der Waals surface area contributed by atoms with Crippen molar-refractivity contribution in [1.29, 1.82) is 0 Å². The van der Waals surface area contributed by atoms with Crippen LogP contribution in [0.25, 0.3) is 11.2 Å². The molecular formula is C22H36N6O5. The Morgan fingerprint density at radius 3 is 2.52 bits per heavy atom. The fraction of sp³-hybridized carbons (Fsp3) is 0.636. The molecule has 184 valence electrons. The molecule has 2 rings (SSSR count). The van der Waals surface area contributed by atoms with E-state index in [1.165, 1.54) is 23.7 Å². The highest BCUT2D eigenvalue weighted by molar-refractivity contribution is 5.84. The zero-order valence-electron chi connectivity index (χ0n) is 19.7. The third-order valence-electron chi connectivity index (χ3n) is 4.87. The molecule has 0 saturated carbocycles. The Morgan fingerprint density at radius 2 is 1.79 bits per heavy atom. The lowest BCUT2D eigenvalue weighted by atomic mass is 10.1. The van der Waals surface area contributed by atoms with E-state index >= 15 is 0 Å². The molecule has 33 heavy (non-hydrogen) atoms. The highest BCUT2D eigenvalue weighted by Crippen LogP contribution is 2.22. The summed E-state index contributed by atoms with van der Waals surface area (Å²) >= 11 is 0. The number of carbonyl (C=O) groups is 1. The lowest BCUT2D eigenvalue weighted by Crippen LogP contribution is -2.15. The number of fused-ring (bicyclic) bond motifs is 1. The second kappa shape index (κ2) is 15.0. The van der Waals surface area contributed by atoms with Gasteiger partial charge in [-0.15, -0.1) is 0 Å². The number of ether oxygens (including phenoxy) is 3. The summed E-state index contributed by atoms with van der Waals surface area (Å²) in [7, 11) is 3.43. The van der Waals surface area contributed by atoms with Crippen molar-refractivity contribution in [3.8, 4) is 0 Å². The molecule has 0 aliphatic heterocycles. The molecule has 3 N–H and O–H groups in total. The molecule has 11 heteroatoms. The van der Waals surface area contributed by atoms with Gasteiger partial charge in [0.25, 0.3) is 0 Å². The first-order valence-electron chi connectivity index (χ1n) is 11.4. The van der Waals surface area contributed by atoms with Gasteiger partial charge in [0.05, 0.1) is 19.8 Å². The smallest absolute Gasteiger partial charge is 0.434 e. The molecule has 1 atom stereocenters. The number of rotatable bonds is 16. The van der Waals surface area contributed by atoms with E-state index in [1.807, 2.05) is 6.92 Å². The molecule has 0 saturated heterocycles. The van der Waals surface area contributed by atoms with Crippen LogP contribution in [0.1, 0.15) is 58.3 Å². The number of carbonyl (C=O) groups excluding carboxylic acids is 1. The van der Waals surface area contributed by atoms with Crippen molar-refractivity contribution >= 4 is 29.1 Å². The predicted molar refractivity (Wildman–Crippen MR) is 126 cm³/mol. The van der Waals surface area contributed by atoms with Crippen molar-refractivity contribution in [2.24, 2.45) is 0 Å². The number of nitrogens with one attached hydrogen (secondary N) is 2. The van der Waals surface area contributed by atoms with Crippen LogP contribution < -0.4 is 10.6 Å². The first-order chi connectivity index (χ1) is 16.1. The molecule has 0 amide bonds. The van der Waals surface area contributed by atoms with Crippen molar-refractivity contribution < 1.29 is 24.1 Å². The minimum Gasteiger partial charge on any atom is -0.434 e. The maximum Gasteiger partial charge on any atom is 0.508 e. The maximum absolute atomic E-state index is 11.6. The molecule has 0 aliphatic rings. The van der Waals surface area contributed by atoms with Crippen LogP contribution in [0.15, 0.2) is 18.5 Å². The molecule has 11 nitrogen and oxygen atoms in total. The lowest BCUT2D eigenvalue weighted by molar-refractivity contribution is -0.152. The zero-order valence-corrected chi connectivity index (χ0v) is 19.7. The Labute approximate surface area is 194 Å². The summed E-state index contributed by atoms with van der Waals surface area (Å²) in [6.45, 7) is 2.70. The van der Waals surface area contributed by atoms with Crippen LogP contribution in [0.2, 0.25) is 0 Å². The van der Waals surface area contributed by atoms with E-state index in [2.05, 4.69) is 37.7 Å². The highest BCUT2D eigenvalue weighted by Gasteiger charge is 2.17. The number of aliphatic hydroxyl groups is 1. The quantitative estimate of drug-likeness (QED) is 0.146. The largest absolute Gasteiger partial charge is 0.508 e. The fourth-order valence-electron chi connectivity index (χ4n) is 3.11. The van der Waals surface area contributed by atoms with Gasteiger partial charge in [-0.05, 0) is 26.2 Å². The topological polar surface area (TPSA) is 133 Å². The van der Waals surface area contributed by atoms with Gasteiger partial charge >= 0.3 is 6.16 Å². The normalized spacial score (nSPS) is 12.2. The van der Waals surface area contributed by atoms with Crippen LogP contribution in [-0.2, 0) is 14.2 Å². The molecule has 2 heterocycles. The van der Waals surface area contributed by atoms with E-state index in [-0.39, 0.29) is 13.2 Å². The monoisotopic (exact) mass is 464 g/mol. The standard InChI is InChI=1S/C22H36N6O5/c1-4-5-6-7-8-9-10-11-13-32-22(30)33-15-12-14-31-21(29)28-16-25-17-18(23-2)26-20(24-3)27-19(17)28/h4-5,16,21,29H,6-15H2,1-3H3,(H2,23,24,26,27). The van der Waals surface area contributed by atoms with Crippen molar-refractivity contribution in [2.75, 3.05) is 44.5 Å². The van der Waals surface area contributed by atoms with Crippen LogP contribution in [0, 0.1) is 0 Å². The number of nitrogens with zero attached hydrogens (tertiary/aromatic N) is 4. The van der Waals surface area contributed by atoms with E-state index in [9.17, 15) is 9.90 Å². The zero-order chi connectivity index (χ0) is 23.9. The van der Waals surface area contributed by atoms with E-state index < -0.39 is 12.6 Å². The SMILES string of the molecule is CC=CCCCCCCCOC(=O)OCCCOC(O)n1cnc2c(NC)nc(NC)nc21. The average molecular weight is 465 g/mol. The van der Waals surface area contributed by atoms with E-state index in [0.29, 0.717) is 36.0 Å². The summed E-state index contributed by atoms with van der Waals surface area (Å²) in [4.78, 5) is 24.4. The molecule has 2 aromatic heterocycles. The summed E-state index contributed by atoms with van der Waals surface area (Å²) in [6, 6.07) is 0. The van der Waals surface area contributed by atoms with E-state index in [0.717, 1.165) is 25.7 Å². The van der Waals surface area contributed by atoms with Crippen molar-refractivity contribution in [3.05, 3.63) is 18.5 Å². The van der Waals surface area contributed by atoms with Gasteiger partial charge in [-0.25, -0.2) is 9.78 Å². The summed E-state index contributed by atoms with van der Waals surface area (Å²) in [5.74, 6) is 0.920. The maximum atomic E-state index is 11.6. The Kier molecular flexibility index (Phi) is 12.0. The van der Waals surface area contributed by atoms with Gasteiger partial charge in [-0.1, -0.05) is 31.4 Å². The lowest BCUT2D eigenvalue weighted by Gasteiger charge is -2.14. The second-order valence-electron chi connectivity index (χ2n) is 7.34. The minimum atomic E-state index is -1.29. The second-order valence-corrected chi connectivity index (χ2v) is 7.34. The Bertz CT molecular complexity index is 872. The molecule has 0 fully saturated rings. The van der Waals surface area contributed by atoms with Gasteiger partial charge in [0.1, 0.15) is 6.33 Å². The summed E-state index contributed by atoms with van der Waals surface area (Å²) in [6.07, 6.45) is 10.6. The number of anilines is 2. The summed E-state index contributed by atoms with van der Waals surface area (Å²) < 4.78 is 16.9. The number of aliphatic hydroxyl groups excluding tert-OH is 1. The van der Waals surface area contributed by atoms with Gasteiger partial charge in [0.15, 0.2) is 17.0 Å². The number of hydrogen-bond donors (Lipinski definition) is 3. The Hall–Kier alpha value is -2.92.